The van der Waals surface area contributed by atoms with Gasteiger partial charge < -0.3 is 4.74 Å². The Labute approximate surface area is 104 Å². The van der Waals surface area contributed by atoms with E-state index in [1.807, 2.05) is 13.0 Å². The fourth-order valence-electron chi connectivity index (χ4n) is 1.37. The van der Waals surface area contributed by atoms with E-state index >= 15 is 0 Å². The van der Waals surface area contributed by atoms with Gasteiger partial charge in [0.05, 0.1) is 11.6 Å². The highest BCUT2D eigenvalue weighted by atomic mass is 19.1. The predicted molar refractivity (Wildman–Crippen MR) is 62.2 cm³/mol. The molecule has 1 heterocycles. The van der Waals surface area contributed by atoms with Gasteiger partial charge in [-0.1, -0.05) is 6.07 Å². The molecule has 0 bridgehead atoms. The van der Waals surface area contributed by atoms with Crippen LogP contribution >= 0.6 is 0 Å². The molecule has 1 aromatic heterocycles. The topological polar surface area (TPSA) is 58.8 Å². The van der Waals surface area contributed by atoms with Crippen molar-refractivity contribution in [1.29, 1.82) is 5.26 Å². The third kappa shape index (κ3) is 2.80. The summed E-state index contributed by atoms with van der Waals surface area (Å²) in [6.45, 7) is 1.85. The lowest BCUT2D eigenvalue weighted by atomic mass is 10.1. The second-order valence-electron chi connectivity index (χ2n) is 3.69. The quantitative estimate of drug-likeness (QED) is 0.830. The molecule has 90 valence electrons. The van der Waals surface area contributed by atoms with Crippen LogP contribution in [0.4, 0.5) is 4.39 Å². The van der Waals surface area contributed by atoms with Crippen molar-refractivity contribution in [1.82, 2.24) is 9.97 Å². The third-order valence-corrected chi connectivity index (χ3v) is 2.31. The van der Waals surface area contributed by atoms with E-state index in [-0.39, 0.29) is 18.2 Å². The molecule has 0 atom stereocenters. The molecule has 0 aliphatic carbocycles. The molecule has 0 spiro atoms. The van der Waals surface area contributed by atoms with Gasteiger partial charge in [-0.3, -0.25) is 0 Å². The molecule has 1 aromatic carbocycles. The van der Waals surface area contributed by atoms with Crippen LogP contribution in [0.5, 0.6) is 6.01 Å². The number of halogens is 1. The van der Waals surface area contributed by atoms with Crippen molar-refractivity contribution < 1.29 is 9.13 Å². The number of aromatic nitrogens is 2. The minimum absolute atomic E-state index is 0.0288. The molecular formula is C13H10FN3O. The van der Waals surface area contributed by atoms with Gasteiger partial charge in [0.25, 0.3) is 0 Å². The first kappa shape index (κ1) is 12.0. The van der Waals surface area contributed by atoms with Crippen LogP contribution in [0.25, 0.3) is 0 Å². The number of rotatable bonds is 3. The normalized spacial score (nSPS) is 9.83. The number of hydrogen-bond acceptors (Lipinski definition) is 4. The molecule has 0 unspecified atom stereocenters. The van der Waals surface area contributed by atoms with E-state index in [2.05, 4.69) is 9.97 Å². The number of benzene rings is 1. The summed E-state index contributed by atoms with van der Waals surface area (Å²) in [5, 5.41) is 8.62. The summed E-state index contributed by atoms with van der Waals surface area (Å²) in [6.07, 6.45) is 1.58. The Bertz CT molecular complexity index is 607. The van der Waals surface area contributed by atoms with E-state index in [9.17, 15) is 4.39 Å². The van der Waals surface area contributed by atoms with E-state index in [0.29, 0.717) is 5.56 Å². The van der Waals surface area contributed by atoms with Crippen LogP contribution in [-0.2, 0) is 6.61 Å². The Morgan fingerprint density at radius 1 is 1.39 bits per heavy atom. The van der Waals surface area contributed by atoms with Gasteiger partial charge in [0.2, 0.25) is 0 Å². The Morgan fingerprint density at radius 2 is 2.22 bits per heavy atom. The Kier molecular flexibility index (Phi) is 3.49. The Hall–Kier alpha value is -2.48. The Balaban J connectivity index is 2.09. The Morgan fingerprint density at radius 3 is 2.89 bits per heavy atom. The van der Waals surface area contributed by atoms with Gasteiger partial charge in [-0.25, -0.2) is 14.4 Å². The van der Waals surface area contributed by atoms with E-state index in [0.717, 1.165) is 5.69 Å². The maximum Gasteiger partial charge on any atom is 0.316 e. The molecule has 2 aromatic rings. The van der Waals surface area contributed by atoms with E-state index in [1.165, 1.54) is 12.1 Å². The average Bonchev–Trinajstić information content (AvgIpc) is 2.37. The first-order valence-corrected chi connectivity index (χ1v) is 5.30. The zero-order valence-electron chi connectivity index (χ0n) is 9.72. The van der Waals surface area contributed by atoms with Gasteiger partial charge in [0.1, 0.15) is 12.4 Å². The van der Waals surface area contributed by atoms with Gasteiger partial charge in [0, 0.05) is 17.5 Å². The molecule has 0 N–H and O–H groups in total. The second-order valence-corrected chi connectivity index (χ2v) is 3.69. The highest BCUT2D eigenvalue weighted by Crippen LogP contribution is 2.12. The maximum absolute atomic E-state index is 13.5. The molecule has 18 heavy (non-hydrogen) atoms. The molecule has 0 saturated heterocycles. The van der Waals surface area contributed by atoms with Gasteiger partial charge in [-0.2, -0.15) is 5.26 Å². The minimum atomic E-state index is -0.471. The largest absolute Gasteiger partial charge is 0.458 e. The van der Waals surface area contributed by atoms with Crippen LogP contribution in [0.3, 0.4) is 0 Å². The summed E-state index contributed by atoms with van der Waals surface area (Å²) >= 11 is 0. The van der Waals surface area contributed by atoms with Crippen LogP contribution in [0, 0.1) is 24.1 Å². The number of ether oxygens (including phenoxy) is 1. The molecule has 0 saturated carbocycles. The maximum atomic E-state index is 13.5. The third-order valence-electron chi connectivity index (χ3n) is 2.31. The monoisotopic (exact) mass is 243 g/mol. The fourth-order valence-corrected chi connectivity index (χ4v) is 1.37. The molecule has 5 heteroatoms. The molecule has 0 radical (unpaired) electrons. The lowest BCUT2D eigenvalue weighted by Gasteiger charge is -2.05. The van der Waals surface area contributed by atoms with E-state index < -0.39 is 5.82 Å². The zero-order chi connectivity index (χ0) is 13.0. The molecule has 2 rings (SSSR count). The van der Waals surface area contributed by atoms with Crippen molar-refractivity contribution >= 4 is 0 Å². The molecular weight excluding hydrogens is 233 g/mol. The van der Waals surface area contributed by atoms with Crippen LogP contribution in [-0.4, -0.2) is 9.97 Å². The van der Waals surface area contributed by atoms with Gasteiger partial charge in [0.15, 0.2) is 0 Å². The lowest BCUT2D eigenvalue weighted by molar-refractivity contribution is 0.274. The van der Waals surface area contributed by atoms with Crippen molar-refractivity contribution in [2.24, 2.45) is 0 Å². The minimum Gasteiger partial charge on any atom is -0.458 e. The molecule has 0 amide bonds. The van der Waals surface area contributed by atoms with E-state index in [4.69, 9.17) is 10.00 Å². The van der Waals surface area contributed by atoms with Gasteiger partial charge >= 0.3 is 6.01 Å². The molecule has 4 nitrogen and oxygen atoms in total. The first-order chi connectivity index (χ1) is 8.69. The number of hydrogen-bond donors (Lipinski definition) is 0. The smallest absolute Gasteiger partial charge is 0.316 e. The zero-order valence-corrected chi connectivity index (χ0v) is 9.72. The summed E-state index contributed by atoms with van der Waals surface area (Å²) < 4.78 is 18.8. The summed E-state index contributed by atoms with van der Waals surface area (Å²) in [4.78, 5) is 7.95. The molecule has 0 fully saturated rings. The van der Waals surface area contributed by atoms with Gasteiger partial charge in [-0.15, -0.1) is 0 Å². The number of nitrogens with zero attached hydrogens (tertiary/aromatic N) is 3. The first-order valence-electron chi connectivity index (χ1n) is 5.30. The highest BCUT2D eigenvalue weighted by Gasteiger charge is 2.05. The molecule has 0 aliphatic rings. The summed E-state index contributed by atoms with van der Waals surface area (Å²) in [5.74, 6) is -0.471. The highest BCUT2D eigenvalue weighted by molar-refractivity contribution is 5.32. The standard InChI is InChI=1S/C13H10FN3O/c1-9-4-5-16-13(17-9)18-8-11-3-2-10(7-15)6-12(11)14/h2-6H,8H2,1H3. The SMILES string of the molecule is Cc1ccnc(OCc2ccc(C#N)cc2F)n1. The van der Waals surface area contributed by atoms with E-state index in [1.54, 1.807) is 18.3 Å². The predicted octanol–water partition coefficient (Wildman–Crippen LogP) is 2.37. The van der Waals surface area contributed by atoms with Crippen LogP contribution < -0.4 is 4.74 Å². The second kappa shape index (κ2) is 5.23. The van der Waals surface area contributed by atoms with Crippen LogP contribution in [0.2, 0.25) is 0 Å². The fraction of sp³-hybridized carbons (Fsp3) is 0.154. The van der Waals surface area contributed by atoms with Crippen LogP contribution in [0.1, 0.15) is 16.8 Å². The van der Waals surface area contributed by atoms with Crippen molar-refractivity contribution in [3.05, 3.63) is 53.1 Å². The van der Waals surface area contributed by atoms with Crippen LogP contribution in [0.15, 0.2) is 30.5 Å². The van der Waals surface area contributed by atoms with Crippen molar-refractivity contribution in [3.8, 4) is 12.1 Å². The lowest BCUT2D eigenvalue weighted by Crippen LogP contribution is -2.02. The van der Waals surface area contributed by atoms with Crippen molar-refractivity contribution in [3.63, 3.8) is 0 Å². The summed E-state index contributed by atoms with van der Waals surface area (Å²) in [5.41, 5.74) is 1.42. The summed E-state index contributed by atoms with van der Waals surface area (Å²) in [7, 11) is 0. The molecule has 0 aliphatic heterocycles. The van der Waals surface area contributed by atoms with Crippen molar-refractivity contribution in [2.45, 2.75) is 13.5 Å². The number of aryl methyl sites for hydroxylation is 1. The summed E-state index contributed by atoms with van der Waals surface area (Å²) in [6, 6.07) is 8.06. The van der Waals surface area contributed by atoms with Gasteiger partial charge in [-0.05, 0) is 25.1 Å². The average molecular weight is 243 g/mol. The number of nitriles is 1. The van der Waals surface area contributed by atoms with Crippen molar-refractivity contribution in [2.75, 3.05) is 0 Å².